The van der Waals surface area contributed by atoms with Crippen molar-refractivity contribution in [3.05, 3.63) is 29.6 Å². The van der Waals surface area contributed by atoms with Crippen molar-refractivity contribution in [2.45, 2.75) is 51.7 Å². The molecule has 0 aliphatic carbocycles. The van der Waals surface area contributed by atoms with E-state index in [1.807, 2.05) is 6.92 Å². The van der Waals surface area contributed by atoms with Gasteiger partial charge in [0, 0.05) is 37.4 Å². The summed E-state index contributed by atoms with van der Waals surface area (Å²) in [5.41, 5.74) is 1.70. The Hall–Kier alpha value is -1.86. The van der Waals surface area contributed by atoms with E-state index in [9.17, 15) is 14.3 Å². The molecule has 2 fully saturated rings. The maximum Gasteiger partial charge on any atom is 0.315 e. The molecule has 0 bridgehead atoms. The number of anilines is 1. The number of halogens is 1. The lowest BCUT2D eigenvalue weighted by atomic mass is 10.0. The number of hydrogen-bond acceptors (Lipinski definition) is 4. The molecule has 1 aromatic carbocycles. The van der Waals surface area contributed by atoms with E-state index in [0.29, 0.717) is 25.3 Å². The third kappa shape index (κ3) is 6.06. The van der Waals surface area contributed by atoms with Crippen LogP contribution in [0.15, 0.2) is 18.2 Å². The molecule has 0 radical (unpaired) electrons. The number of urea groups is 1. The van der Waals surface area contributed by atoms with E-state index < -0.39 is 0 Å². The SMILES string of the molecule is CCCN1CCC(CNC(=O)NC(C)c2cc(F)ccc2N2CCC(O)CC2)C1. The Kier molecular flexibility index (Phi) is 7.72. The molecule has 2 aliphatic rings. The highest BCUT2D eigenvalue weighted by atomic mass is 19.1. The number of carbonyl (C=O) groups is 1. The molecule has 6 nitrogen and oxygen atoms in total. The van der Waals surface area contributed by atoms with Crippen LogP contribution < -0.4 is 15.5 Å². The summed E-state index contributed by atoms with van der Waals surface area (Å²) in [4.78, 5) is 17.0. The van der Waals surface area contributed by atoms with Gasteiger partial charge in [0.2, 0.25) is 0 Å². The number of carbonyl (C=O) groups excluding carboxylic acids is 1. The minimum atomic E-state index is -0.312. The summed E-state index contributed by atoms with van der Waals surface area (Å²) in [5, 5.41) is 15.7. The fourth-order valence-electron chi connectivity index (χ4n) is 4.43. The number of benzene rings is 1. The summed E-state index contributed by atoms with van der Waals surface area (Å²) in [6.45, 7) is 9.47. The summed E-state index contributed by atoms with van der Waals surface area (Å²) in [5.74, 6) is 0.184. The van der Waals surface area contributed by atoms with Crippen molar-refractivity contribution < 1.29 is 14.3 Å². The van der Waals surface area contributed by atoms with E-state index in [4.69, 9.17) is 0 Å². The van der Waals surface area contributed by atoms with Crippen LogP contribution in [0.25, 0.3) is 0 Å². The maximum absolute atomic E-state index is 13.9. The lowest BCUT2D eigenvalue weighted by Crippen LogP contribution is -2.41. The first-order chi connectivity index (χ1) is 14.0. The van der Waals surface area contributed by atoms with Crippen molar-refractivity contribution in [3.8, 4) is 0 Å². The minimum absolute atomic E-state index is 0.212. The first-order valence-corrected chi connectivity index (χ1v) is 11.0. The molecule has 1 aromatic rings. The Bertz CT molecular complexity index is 679. The van der Waals surface area contributed by atoms with Gasteiger partial charge in [-0.3, -0.25) is 0 Å². The molecule has 7 heteroatoms. The molecule has 0 saturated carbocycles. The number of likely N-dealkylation sites (tertiary alicyclic amines) is 1. The predicted octanol–water partition coefficient (Wildman–Crippen LogP) is 2.88. The average Bonchev–Trinajstić information content (AvgIpc) is 3.15. The van der Waals surface area contributed by atoms with Gasteiger partial charge in [-0.15, -0.1) is 0 Å². The number of amides is 2. The Morgan fingerprint density at radius 3 is 2.76 bits per heavy atom. The number of nitrogens with zero attached hydrogens (tertiary/aromatic N) is 2. The van der Waals surface area contributed by atoms with Gasteiger partial charge in [-0.2, -0.15) is 0 Å². The van der Waals surface area contributed by atoms with Crippen LogP contribution in [0.3, 0.4) is 0 Å². The Morgan fingerprint density at radius 1 is 1.28 bits per heavy atom. The molecule has 2 atom stereocenters. The highest BCUT2D eigenvalue weighted by Crippen LogP contribution is 2.29. The lowest BCUT2D eigenvalue weighted by Gasteiger charge is -2.34. The molecule has 29 heavy (non-hydrogen) atoms. The van der Waals surface area contributed by atoms with Gasteiger partial charge < -0.3 is 25.5 Å². The maximum atomic E-state index is 13.9. The number of aliphatic hydroxyl groups excluding tert-OH is 1. The van der Waals surface area contributed by atoms with Crippen LogP contribution in [0.5, 0.6) is 0 Å². The van der Waals surface area contributed by atoms with Crippen molar-refractivity contribution >= 4 is 11.7 Å². The molecule has 2 aliphatic heterocycles. The standard InChI is InChI=1S/C22H35FN4O2/c1-3-9-26-10-6-17(15-26)14-24-22(29)25-16(2)20-13-18(23)4-5-21(20)27-11-7-19(28)8-12-27/h4-5,13,16-17,19,28H,3,6-12,14-15H2,1-2H3,(H2,24,25,29). The van der Waals surface area contributed by atoms with Gasteiger partial charge in [0.1, 0.15) is 5.82 Å². The normalized spacial score (nSPS) is 21.9. The fourth-order valence-corrected chi connectivity index (χ4v) is 4.43. The highest BCUT2D eigenvalue weighted by molar-refractivity contribution is 5.75. The molecular weight excluding hydrogens is 371 g/mol. The summed E-state index contributed by atoms with van der Waals surface area (Å²) >= 11 is 0. The van der Waals surface area contributed by atoms with Crippen LogP contribution in [-0.2, 0) is 0 Å². The van der Waals surface area contributed by atoms with Gasteiger partial charge in [-0.1, -0.05) is 6.92 Å². The number of rotatable bonds is 7. The Labute approximate surface area is 173 Å². The zero-order chi connectivity index (χ0) is 20.8. The van der Waals surface area contributed by atoms with Crippen molar-refractivity contribution in [1.29, 1.82) is 0 Å². The largest absolute Gasteiger partial charge is 0.393 e. The molecule has 2 saturated heterocycles. The number of piperidine rings is 1. The van der Waals surface area contributed by atoms with E-state index in [0.717, 1.165) is 56.8 Å². The fraction of sp³-hybridized carbons (Fsp3) is 0.682. The van der Waals surface area contributed by atoms with Gasteiger partial charge in [0.05, 0.1) is 12.1 Å². The molecule has 3 rings (SSSR count). The lowest BCUT2D eigenvalue weighted by molar-refractivity contribution is 0.145. The Morgan fingerprint density at radius 2 is 2.03 bits per heavy atom. The second-order valence-electron chi connectivity index (χ2n) is 8.45. The molecule has 0 aromatic heterocycles. The van der Waals surface area contributed by atoms with Crippen LogP contribution in [0.4, 0.5) is 14.9 Å². The van der Waals surface area contributed by atoms with Crippen LogP contribution in [0.2, 0.25) is 0 Å². The quantitative estimate of drug-likeness (QED) is 0.651. The van der Waals surface area contributed by atoms with E-state index in [1.54, 1.807) is 6.07 Å². The smallest absolute Gasteiger partial charge is 0.315 e. The highest BCUT2D eigenvalue weighted by Gasteiger charge is 2.24. The van der Waals surface area contributed by atoms with E-state index >= 15 is 0 Å². The zero-order valence-corrected chi connectivity index (χ0v) is 17.7. The molecule has 3 N–H and O–H groups in total. The second-order valence-corrected chi connectivity index (χ2v) is 8.45. The number of aliphatic hydroxyl groups is 1. The van der Waals surface area contributed by atoms with Gasteiger partial charge in [0.15, 0.2) is 0 Å². The van der Waals surface area contributed by atoms with Crippen LogP contribution in [0, 0.1) is 11.7 Å². The Balaban J connectivity index is 1.55. The van der Waals surface area contributed by atoms with Crippen molar-refractivity contribution in [2.24, 2.45) is 5.92 Å². The number of nitrogens with one attached hydrogen (secondary N) is 2. The van der Waals surface area contributed by atoms with E-state index in [-0.39, 0.29) is 24.0 Å². The average molecular weight is 407 g/mol. The van der Waals surface area contributed by atoms with Crippen molar-refractivity contribution in [1.82, 2.24) is 15.5 Å². The van der Waals surface area contributed by atoms with Gasteiger partial charge in [-0.25, -0.2) is 9.18 Å². The predicted molar refractivity (Wildman–Crippen MR) is 114 cm³/mol. The van der Waals surface area contributed by atoms with Crippen LogP contribution >= 0.6 is 0 Å². The summed E-state index contributed by atoms with van der Waals surface area (Å²) < 4.78 is 13.9. The van der Waals surface area contributed by atoms with E-state index in [2.05, 4.69) is 27.4 Å². The van der Waals surface area contributed by atoms with Gasteiger partial charge >= 0.3 is 6.03 Å². The topological polar surface area (TPSA) is 67.8 Å². The molecule has 2 amide bonds. The molecule has 2 heterocycles. The third-order valence-electron chi connectivity index (χ3n) is 6.07. The van der Waals surface area contributed by atoms with Crippen molar-refractivity contribution in [3.63, 3.8) is 0 Å². The van der Waals surface area contributed by atoms with Crippen LogP contribution in [0.1, 0.15) is 51.1 Å². The molecule has 0 spiro atoms. The zero-order valence-electron chi connectivity index (χ0n) is 17.7. The summed E-state index contributed by atoms with van der Waals surface area (Å²) in [6, 6.07) is 4.21. The third-order valence-corrected chi connectivity index (χ3v) is 6.07. The molecule has 2 unspecified atom stereocenters. The second kappa shape index (κ2) is 10.3. The van der Waals surface area contributed by atoms with Crippen molar-refractivity contribution in [2.75, 3.05) is 44.2 Å². The summed E-state index contributed by atoms with van der Waals surface area (Å²) in [7, 11) is 0. The van der Waals surface area contributed by atoms with Crippen LogP contribution in [-0.4, -0.2) is 61.4 Å². The monoisotopic (exact) mass is 406 g/mol. The number of hydrogen-bond donors (Lipinski definition) is 3. The van der Waals surface area contributed by atoms with E-state index in [1.165, 1.54) is 12.1 Å². The van der Waals surface area contributed by atoms with Gasteiger partial charge in [-0.05, 0) is 69.8 Å². The molecular formula is C22H35FN4O2. The minimum Gasteiger partial charge on any atom is -0.393 e. The van der Waals surface area contributed by atoms with Gasteiger partial charge in [0.25, 0.3) is 0 Å². The first-order valence-electron chi connectivity index (χ1n) is 11.0. The first kappa shape index (κ1) is 21.8. The summed E-state index contributed by atoms with van der Waals surface area (Å²) in [6.07, 6.45) is 3.42. The molecule has 162 valence electrons.